The normalized spacial score (nSPS) is 10.8. The predicted octanol–water partition coefficient (Wildman–Crippen LogP) is 4.26. The van der Waals surface area contributed by atoms with Crippen LogP contribution < -0.4 is 5.56 Å². The van der Waals surface area contributed by atoms with Gasteiger partial charge in [0.1, 0.15) is 0 Å². The fourth-order valence-corrected chi connectivity index (χ4v) is 2.74. The number of rotatable bonds is 5. The zero-order valence-electron chi connectivity index (χ0n) is 14.5. The van der Waals surface area contributed by atoms with E-state index in [0.29, 0.717) is 22.9 Å². The van der Waals surface area contributed by atoms with Gasteiger partial charge < -0.3 is 4.74 Å². The zero-order chi connectivity index (χ0) is 17.8. The topological polar surface area (TPSA) is 48.3 Å². The molecule has 3 rings (SSSR count). The van der Waals surface area contributed by atoms with Crippen LogP contribution in [0, 0.1) is 6.92 Å². The van der Waals surface area contributed by atoms with E-state index in [2.05, 4.69) is 0 Å². The molecule has 4 nitrogen and oxygen atoms in total. The molecule has 0 bridgehead atoms. The van der Waals surface area contributed by atoms with Gasteiger partial charge in [-0.15, -0.1) is 0 Å². The van der Waals surface area contributed by atoms with E-state index in [9.17, 15) is 9.59 Å². The third-order valence-corrected chi connectivity index (χ3v) is 4.19. The van der Waals surface area contributed by atoms with Gasteiger partial charge in [0.2, 0.25) is 0 Å². The Labute approximate surface area is 146 Å². The van der Waals surface area contributed by atoms with Crippen LogP contribution in [0.5, 0.6) is 0 Å². The molecule has 0 spiro atoms. The first-order valence-corrected chi connectivity index (χ1v) is 8.50. The summed E-state index contributed by atoms with van der Waals surface area (Å²) in [5, 5.41) is 1.13. The van der Waals surface area contributed by atoms with Crippen molar-refractivity contribution >= 4 is 16.7 Å². The minimum absolute atomic E-state index is 0.149. The Morgan fingerprint density at radius 2 is 1.72 bits per heavy atom. The van der Waals surface area contributed by atoms with Gasteiger partial charge in [-0.05, 0) is 31.5 Å². The van der Waals surface area contributed by atoms with Gasteiger partial charge in [0, 0.05) is 22.7 Å². The molecular weight excluding hydrogens is 314 g/mol. The van der Waals surface area contributed by atoms with Gasteiger partial charge in [-0.2, -0.15) is 0 Å². The highest BCUT2D eigenvalue weighted by atomic mass is 16.5. The third-order valence-electron chi connectivity index (χ3n) is 4.19. The van der Waals surface area contributed by atoms with Crippen LogP contribution in [0.2, 0.25) is 0 Å². The Morgan fingerprint density at radius 1 is 1.04 bits per heavy atom. The van der Waals surface area contributed by atoms with E-state index in [1.54, 1.807) is 24.4 Å². The Bertz CT molecular complexity index is 955. The predicted molar refractivity (Wildman–Crippen MR) is 99.5 cm³/mol. The Hall–Kier alpha value is -2.88. The fraction of sp³-hybridized carbons (Fsp3) is 0.238. The van der Waals surface area contributed by atoms with Crippen molar-refractivity contribution < 1.29 is 9.53 Å². The second kappa shape index (κ2) is 7.34. The number of carbonyl (C=O) groups excluding carboxylic acids is 1. The average molecular weight is 335 g/mol. The van der Waals surface area contributed by atoms with Crippen molar-refractivity contribution in [2.75, 3.05) is 6.61 Å². The molecule has 0 unspecified atom stereocenters. The molecular formula is C21H21NO3. The summed E-state index contributed by atoms with van der Waals surface area (Å²) in [6.45, 7) is 4.41. The number of unbranched alkanes of at least 4 members (excludes halogenated alkanes) is 1. The largest absolute Gasteiger partial charge is 0.462 e. The molecule has 1 aromatic heterocycles. The minimum Gasteiger partial charge on any atom is -0.462 e. The van der Waals surface area contributed by atoms with E-state index in [4.69, 9.17) is 4.74 Å². The van der Waals surface area contributed by atoms with Crippen LogP contribution in [-0.4, -0.2) is 17.1 Å². The van der Waals surface area contributed by atoms with E-state index in [0.717, 1.165) is 24.1 Å². The number of fused-ring (bicyclic) bond motifs is 1. The molecule has 0 amide bonds. The van der Waals surface area contributed by atoms with Crippen LogP contribution in [-0.2, 0) is 4.74 Å². The zero-order valence-corrected chi connectivity index (χ0v) is 14.5. The molecule has 128 valence electrons. The number of ether oxygens (including phenoxy) is 1. The number of esters is 1. The molecule has 0 atom stereocenters. The minimum atomic E-state index is -0.398. The number of pyridine rings is 1. The highest BCUT2D eigenvalue weighted by Crippen LogP contribution is 2.19. The number of nitrogens with zero attached hydrogens (tertiary/aromatic N) is 1. The summed E-state index contributed by atoms with van der Waals surface area (Å²) in [6.07, 6.45) is 3.36. The lowest BCUT2D eigenvalue weighted by atomic mass is 10.1. The Kier molecular flexibility index (Phi) is 4.98. The smallest absolute Gasteiger partial charge is 0.340 e. The molecule has 1 heterocycles. The molecule has 0 aliphatic carbocycles. The van der Waals surface area contributed by atoms with Crippen molar-refractivity contribution in [2.24, 2.45) is 0 Å². The standard InChI is InChI=1S/C21H21NO3/c1-3-4-13-25-21(24)19-14-22(16-11-9-15(2)10-12-16)20(23)18-8-6-5-7-17(18)19/h5-12,14H,3-4,13H2,1-2H3. The Balaban J connectivity index is 2.15. The molecule has 0 saturated heterocycles. The summed E-state index contributed by atoms with van der Waals surface area (Å²) < 4.78 is 6.88. The van der Waals surface area contributed by atoms with Gasteiger partial charge in [-0.25, -0.2) is 4.79 Å². The SMILES string of the molecule is CCCCOC(=O)c1cn(-c2ccc(C)cc2)c(=O)c2ccccc12. The summed E-state index contributed by atoms with van der Waals surface area (Å²) >= 11 is 0. The molecule has 2 aromatic carbocycles. The Morgan fingerprint density at radius 3 is 2.40 bits per heavy atom. The van der Waals surface area contributed by atoms with Crippen LogP contribution in [0.15, 0.2) is 59.5 Å². The molecule has 0 aliphatic rings. The average Bonchev–Trinajstić information content (AvgIpc) is 2.63. The van der Waals surface area contributed by atoms with Gasteiger partial charge in [-0.3, -0.25) is 9.36 Å². The molecule has 3 aromatic rings. The van der Waals surface area contributed by atoms with Crippen molar-refractivity contribution in [1.29, 1.82) is 0 Å². The van der Waals surface area contributed by atoms with Crippen LogP contribution >= 0.6 is 0 Å². The highest BCUT2D eigenvalue weighted by Gasteiger charge is 2.16. The molecule has 0 N–H and O–H groups in total. The number of aromatic nitrogens is 1. The molecule has 0 fully saturated rings. The van der Waals surface area contributed by atoms with Gasteiger partial charge in [0.25, 0.3) is 5.56 Å². The quantitative estimate of drug-likeness (QED) is 0.517. The fourth-order valence-electron chi connectivity index (χ4n) is 2.74. The number of carbonyl (C=O) groups is 1. The van der Waals surface area contributed by atoms with Gasteiger partial charge in [0.15, 0.2) is 0 Å². The van der Waals surface area contributed by atoms with Gasteiger partial charge in [-0.1, -0.05) is 49.2 Å². The summed E-state index contributed by atoms with van der Waals surface area (Å²) in [5.74, 6) is -0.398. The first-order valence-electron chi connectivity index (χ1n) is 8.50. The lowest BCUT2D eigenvalue weighted by Crippen LogP contribution is -2.21. The van der Waals surface area contributed by atoms with Gasteiger partial charge >= 0.3 is 5.97 Å². The summed E-state index contributed by atoms with van der Waals surface area (Å²) in [7, 11) is 0. The monoisotopic (exact) mass is 335 g/mol. The first kappa shape index (κ1) is 17.0. The van der Waals surface area contributed by atoms with E-state index in [1.165, 1.54) is 4.57 Å². The second-order valence-electron chi connectivity index (χ2n) is 6.09. The molecule has 0 saturated carbocycles. The lowest BCUT2D eigenvalue weighted by Gasteiger charge is -2.12. The van der Waals surface area contributed by atoms with Crippen LogP contribution in [0.1, 0.15) is 35.7 Å². The van der Waals surface area contributed by atoms with Crippen LogP contribution in [0.25, 0.3) is 16.5 Å². The summed E-state index contributed by atoms with van der Waals surface area (Å²) in [5.41, 5.74) is 2.09. The van der Waals surface area contributed by atoms with E-state index >= 15 is 0 Å². The van der Waals surface area contributed by atoms with Crippen molar-refractivity contribution in [3.8, 4) is 5.69 Å². The van der Waals surface area contributed by atoms with E-state index in [-0.39, 0.29) is 5.56 Å². The second-order valence-corrected chi connectivity index (χ2v) is 6.09. The number of hydrogen-bond acceptors (Lipinski definition) is 3. The maximum atomic E-state index is 12.9. The third kappa shape index (κ3) is 3.48. The first-order chi connectivity index (χ1) is 12.1. The number of aryl methyl sites for hydroxylation is 1. The van der Waals surface area contributed by atoms with Crippen molar-refractivity contribution in [3.05, 3.63) is 76.2 Å². The molecule has 4 heteroatoms. The maximum absolute atomic E-state index is 12.9. The molecule has 0 aliphatic heterocycles. The van der Waals surface area contributed by atoms with Crippen molar-refractivity contribution in [3.63, 3.8) is 0 Å². The van der Waals surface area contributed by atoms with Gasteiger partial charge in [0.05, 0.1) is 12.2 Å². The lowest BCUT2D eigenvalue weighted by molar-refractivity contribution is 0.0501. The highest BCUT2D eigenvalue weighted by molar-refractivity contribution is 6.04. The van der Waals surface area contributed by atoms with E-state index < -0.39 is 5.97 Å². The van der Waals surface area contributed by atoms with E-state index in [1.807, 2.05) is 44.2 Å². The molecule has 0 radical (unpaired) electrons. The summed E-state index contributed by atoms with van der Waals surface area (Å²) in [4.78, 5) is 25.4. The van der Waals surface area contributed by atoms with Crippen LogP contribution in [0.4, 0.5) is 0 Å². The number of hydrogen-bond donors (Lipinski definition) is 0. The number of benzene rings is 2. The van der Waals surface area contributed by atoms with Crippen LogP contribution in [0.3, 0.4) is 0 Å². The molecule has 25 heavy (non-hydrogen) atoms. The van der Waals surface area contributed by atoms with Crippen molar-refractivity contribution in [2.45, 2.75) is 26.7 Å². The van der Waals surface area contributed by atoms with Crippen molar-refractivity contribution in [1.82, 2.24) is 4.57 Å². The summed E-state index contributed by atoms with van der Waals surface area (Å²) in [6, 6.07) is 14.8. The maximum Gasteiger partial charge on any atom is 0.340 e.